The third-order valence-electron chi connectivity index (χ3n) is 4.59. The molecule has 1 aromatic heterocycles. The van der Waals surface area contributed by atoms with Crippen LogP contribution in [0.15, 0.2) is 59.8 Å². The zero-order valence-corrected chi connectivity index (χ0v) is 16.0. The van der Waals surface area contributed by atoms with E-state index in [9.17, 15) is 4.79 Å². The monoisotopic (exact) mass is 378 g/mol. The number of nitrogens with one attached hydrogen (secondary N) is 2. The SMILES string of the molecule is CCc1ccc(-c2nc(S[C@H](C(=O)NC3CC3)c3ccccc3)n[nH]2)cc1. The van der Waals surface area contributed by atoms with Crippen LogP contribution in [-0.2, 0) is 11.2 Å². The number of nitrogens with zero attached hydrogens (tertiary/aromatic N) is 2. The first-order valence-corrected chi connectivity index (χ1v) is 10.1. The van der Waals surface area contributed by atoms with Crippen molar-refractivity contribution in [1.29, 1.82) is 0 Å². The molecule has 1 atom stereocenters. The fourth-order valence-corrected chi connectivity index (χ4v) is 3.76. The highest BCUT2D eigenvalue weighted by Gasteiger charge is 2.30. The van der Waals surface area contributed by atoms with Crippen LogP contribution >= 0.6 is 11.8 Å². The minimum Gasteiger partial charge on any atom is -0.352 e. The van der Waals surface area contributed by atoms with Gasteiger partial charge in [0.05, 0.1) is 0 Å². The Kier molecular flexibility index (Phi) is 5.25. The molecular weight excluding hydrogens is 356 g/mol. The van der Waals surface area contributed by atoms with E-state index in [0.29, 0.717) is 11.2 Å². The van der Waals surface area contributed by atoms with E-state index in [2.05, 4.69) is 39.6 Å². The topological polar surface area (TPSA) is 70.7 Å². The first-order valence-electron chi connectivity index (χ1n) is 9.26. The molecule has 0 radical (unpaired) electrons. The number of hydrogen-bond donors (Lipinski definition) is 2. The molecule has 1 fully saturated rings. The van der Waals surface area contributed by atoms with Crippen molar-refractivity contribution in [3.05, 3.63) is 65.7 Å². The van der Waals surface area contributed by atoms with Crippen LogP contribution < -0.4 is 5.32 Å². The zero-order chi connectivity index (χ0) is 18.6. The van der Waals surface area contributed by atoms with Gasteiger partial charge in [0.1, 0.15) is 5.25 Å². The van der Waals surface area contributed by atoms with E-state index in [1.54, 1.807) is 0 Å². The van der Waals surface area contributed by atoms with E-state index in [0.717, 1.165) is 36.2 Å². The van der Waals surface area contributed by atoms with Gasteiger partial charge in [0, 0.05) is 11.6 Å². The second-order valence-corrected chi connectivity index (χ2v) is 7.78. The molecule has 2 N–H and O–H groups in total. The predicted octanol–water partition coefficient (Wildman–Crippen LogP) is 4.15. The Balaban J connectivity index is 1.54. The van der Waals surface area contributed by atoms with Crippen molar-refractivity contribution in [1.82, 2.24) is 20.5 Å². The molecule has 0 aliphatic heterocycles. The number of amides is 1. The molecule has 1 amide bonds. The Bertz CT molecular complexity index is 903. The van der Waals surface area contributed by atoms with E-state index in [-0.39, 0.29) is 11.2 Å². The second-order valence-electron chi connectivity index (χ2n) is 6.71. The summed E-state index contributed by atoms with van der Waals surface area (Å²) in [7, 11) is 0. The van der Waals surface area contributed by atoms with Crippen molar-refractivity contribution < 1.29 is 4.79 Å². The normalized spacial score (nSPS) is 14.7. The van der Waals surface area contributed by atoms with E-state index in [4.69, 9.17) is 0 Å². The summed E-state index contributed by atoms with van der Waals surface area (Å²) in [6.45, 7) is 2.13. The van der Waals surface area contributed by atoms with Crippen molar-refractivity contribution in [2.45, 2.75) is 42.6 Å². The molecule has 1 heterocycles. The lowest BCUT2D eigenvalue weighted by atomic mass is 10.1. The molecule has 4 rings (SSSR count). The van der Waals surface area contributed by atoms with E-state index >= 15 is 0 Å². The lowest BCUT2D eigenvalue weighted by molar-refractivity contribution is -0.120. The number of carbonyl (C=O) groups is 1. The van der Waals surface area contributed by atoms with Gasteiger partial charge in [0.2, 0.25) is 11.1 Å². The molecule has 0 spiro atoms. The molecule has 0 saturated heterocycles. The van der Waals surface area contributed by atoms with E-state index in [1.807, 2.05) is 42.5 Å². The van der Waals surface area contributed by atoms with Crippen molar-refractivity contribution in [3.8, 4) is 11.4 Å². The lowest BCUT2D eigenvalue weighted by Gasteiger charge is -2.15. The molecule has 0 unspecified atom stereocenters. The summed E-state index contributed by atoms with van der Waals surface area (Å²) in [6.07, 6.45) is 3.14. The number of benzene rings is 2. The summed E-state index contributed by atoms with van der Waals surface area (Å²) < 4.78 is 0. The number of hydrogen-bond acceptors (Lipinski definition) is 4. The molecule has 27 heavy (non-hydrogen) atoms. The quantitative estimate of drug-likeness (QED) is 0.606. The molecule has 5 nitrogen and oxygen atoms in total. The molecule has 0 bridgehead atoms. The fraction of sp³-hybridized carbons (Fsp3) is 0.286. The number of aryl methyl sites for hydroxylation is 1. The van der Waals surface area contributed by atoms with Crippen molar-refractivity contribution in [2.75, 3.05) is 0 Å². The van der Waals surface area contributed by atoms with Gasteiger partial charge in [-0.1, -0.05) is 73.3 Å². The van der Waals surface area contributed by atoms with Gasteiger partial charge in [-0.2, -0.15) is 0 Å². The zero-order valence-electron chi connectivity index (χ0n) is 15.2. The maximum atomic E-state index is 12.7. The summed E-state index contributed by atoms with van der Waals surface area (Å²) in [5.74, 6) is 0.738. The lowest BCUT2D eigenvalue weighted by Crippen LogP contribution is -2.29. The van der Waals surface area contributed by atoms with Crippen molar-refractivity contribution >= 4 is 17.7 Å². The highest BCUT2D eigenvalue weighted by Crippen LogP contribution is 2.35. The standard InChI is InChI=1S/C21H22N4OS/c1-2-14-8-10-16(11-9-14)19-23-21(25-24-19)27-18(15-6-4-3-5-7-15)20(26)22-17-12-13-17/h3-11,17-18H,2,12-13H2,1H3,(H,22,26)(H,23,24,25)/t18-/m0/s1. The van der Waals surface area contributed by atoms with Crippen LogP contribution in [0.25, 0.3) is 11.4 Å². The Morgan fingerprint density at radius 3 is 2.59 bits per heavy atom. The van der Waals surface area contributed by atoms with Gasteiger partial charge in [-0.25, -0.2) is 4.98 Å². The van der Waals surface area contributed by atoms with Gasteiger partial charge < -0.3 is 5.32 Å². The Hall–Kier alpha value is -2.60. The molecule has 2 aromatic carbocycles. The van der Waals surface area contributed by atoms with Gasteiger partial charge >= 0.3 is 0 Å². The summed E-state index contributed by atoms with van der Waals surface area (Å²) >= 11 is 1.38. The maximum Gasteiger partial charge on any atom is 0.238 e. The molecule has 138 valence electrons. The number of aromatic amines is 1. The van der Waals surface area contributed by atoms with Gasteiger partial charge in [0.15, 0.2) is 5.82 Å². The first kappa shape index (κ1) is 17.8. The molecule has 1 saturated carbocycles. The number of carbonyl (C=O) groups excluding carboxylic acids is 1. The van der Waals surface area contributed by atoms with Gasteiger partial charge in [-0.15, -0.1) is 5.10 Å². The van der Waals surface area contributed by atoms with Crippen molar-refractivity contribution in [2.24, 2.45) is 0 Å². The smallest absolute Gasteiger partial charge is 0.238 e. The predicted molar refractivity (Wildman–Crippen MR) is 107 cm³/mol. The highest BCUT2D eigenvalue weighted by molar-refractivity contribution is 8.00. The minimum absolute atomic E-state index is 0.0207. The van der Waals surface area contributed by atoms with Crippen LogP contribution in [-0.4, -0.2) is 27.1 Å². The molecule has 1 aliphatic carbocycles. The third kappa shape index (κ3) is 4.39. The summed E-state index contributed by atoms with van der Waals surface area (Å²) in [6, 6.07) is 18.4. The number of rotatable bonds is 7. The Morgan fingerprint density at radius 2 is 1.93 bits per heavy atom. The van der Waals surface area contributed by atoms with Crippen LogP contribution in [0.3, 0.4) is 0 Å². The highest BCUT2D eigenvalue weighted by atomic mass is 32.2. The fourth-order valence-electron chi connectivity index (χ4n) is 2.84. The Morgan fingerprint density at radius 1 is 1.19 bits per heavy atom. The Labute approximate surface area is 163 Å². The molecule has 1 aliphatic rings. The molecular formula is C21H22N4OS. The average molecular weight is 379 g/mol. The molecule has 3 aromatic rings. The average Bonchev–Trinajstić information content (AvgIpc) is 3.40. The van der Waals surface area contributed by atoms with Crippen LogP contribution in [0, 0.1) is 0 Å². The summed E-state index contributed by atoms with van der Waals surface area (Å²) in [5, 5.41) is 10.6. The van der Waals surface area contributed by atoms with Gasteiger partial charge in [-0.3, -0.25) is 9.89 Å². The minimum atomic E-state index is -0.363. The van der Waals surface area contributed by atoms with Crippen molar-refractivity contribution in [3.63, 3.8) is 0 Å². The summed E-state index contributed by atoms with van der Waals surface area (Å²) in [4.78, 5) is 17.3. The van der Waals surface area contributed by atoms with Gasteiger partial charge in [0.25, 0.3) is 0 Å². The van der Waals surface area contributed by atoms with Crippen LogP contribution in [0.4, 0.5) is 0 Å². The number of H-pyrrole nitrogens is 1. The number of aromatic nitrogens is 3. The largest absolute Gasteiger partial charge is 0.352 e. The van der Waals surface area contributed by atoms with E-state index in [1.165, 1.54) is 17.3 Å². The van der Waals surface area contributed by atoms with Crippen LogP contribution in [0.5, 0.6) is 0 Å². The number of thioether (sulfide) groups is 1. The maximum absolute atomic E-state index is 12.7. The second kappa shape index (κ2) is 7.96. The molecule has 6 heteroatoms. The van der Waals surface area contributed by atoms with Crippen LogP contribution in [0.2, 0.25) is 0 Å². The van der Waals surface area contributed by atoms with Crippen LogP contribution in [0.1, 0.15) is 36.1 Å². The van der Waals surface area contributed by atoms with Gasteiger partial charge in [-0.05, 0) is 30.4 Å². The third-order valence-corrected chi connectivity index (χ3v) is 5.70. The summed E-state index contributed by atoms with van der Waals surface area (Å²) in [5.41, 5.74) is 3.23. The first-order chi connectivity index (χ1) is 13.2. The van der Waals surface area contributed by atoms with E-state index < -0.39 is 0 Å².